The van der Waals surface area contributed by atoms with Crippen LogP contribution in [0, 0.1) is 6.92 Å². The van der Waals surface area contributed by atoms with Crippen LogP contribution in [-0.4, -0.2) is 57.8 Å². The first kappa shape index (κ1) is 23.7. The van der Waals surface area contributed by atoms with Crippen molar-refractivity contribution in [2.24, 2.45) is 0 Å². The Bertz CT molecular complexity index is 1400. The standard InChI is InChI=1S/C26H30N6O5/c1-16-21(24-27-9-10-35-24)29-25(28-15-18-6-7-19(33-2)13-20(18)34-3)32-23(16)30-22(31-32)17-5-4-8-26(14-17)36-11-12-37-26/h6-7,9-10,13,17H,4-5,8,11-12,14-15H2,1-3H3,(H,28,29). The van der Waals surface area contributed by atoms with Gasteiger partial charge in [-0.05, 0) is 31.9 Å². The Labute approximate surface area is 214 Å². The van der Waals surface area contributed by atoms with Crippen molar-refractivity contribution in [1.82, 2.24) is 24.6 Å². The third-order valence-electron chi connectivity index (χ3n) is 7.14. The number of hydrogen-bond donors (Lipinski definition) is 1. The minimum Gasteiger partial charge on any atom is -0.497 e. The average Bonchev–Trinajstić information content (AvgIpc) is 3.70. The molecule has 2 aliphatic rings. The van der Waals surface area contributed by atoms with Gasteiger partial charge in [0.1, 0.15) is 23.5 Å². The summed E-state index contributed by atoms with van der Waals surface area (Å²) in [5.41, 5.74) is 3.10. The summed E-state index contributed by atoms with van der Waals surface area (Å²) in [6.45, 7) is 3.68. The molecule has 11 nitrogen and oxygen atoms in total. The molecule has 1 saturated carbocycles. The number of methoxy groups -OCH3 is 2. The minimum absolute atomic E-state index is 0.130. The van der Waals surface area contributed by atoms with Crippen molar-refractivity contribution in [3.8, 4) is 23.1 Å². The lowest BCUT2D eigenvalue weighted by molar-refractivity contribution is -0.180. The van der Waals surface area contributed by atoms with E-state index in [4.69, 9.17) is 38.4 Å². The zero-order chi connectivity index (χ0) is 25.4. The smallest absolute Gasteiger partial charge is 0.245 e. The number of ether oxygens (including phenoxy) is 4. The lowest BCUT2D eigenvalue weighted by Gasteiger charge is -2.35. The highest BCUT2D eigenvalue weighted by molar-refractivity contribution is 5.66. The van der Waals surface area contributed by atoms with E-state index >= 15 is 0 Å². The molecule has 37 heavy (non-hydrogen) atoms. The first-order valence-electron chi connectivity index (χ1n) is 12.5. The lowest BCUT2D eigenvalue weighted by Crippen LogP contribution is -2.35. The molecule has 4 heterocycles. The molecule has 1 saturated heterocycles. The second-order valence-electron chi connectivity index (χ2n) is 9.38. The first-order chi connectivity index (χ1) is 18.1. The molecule has 0 radical (unpaired) electrons. The Kier molecular flexibility index (Phi) is 6.17. The number of anilines is 1. The SMILES string of the molecule is COc1ccc(CNc2nc(-c3ncco3)c(C)c3nc(C4CCCC5(C4)OCCO5)nn23)c(OC)c1. The van der Waals surface area contributed by atoms with Gasteiger partial charge in [-0.15, -0.1) is 5.10 Å². The summed E-state index contributed by atoms with van der Waals surface area (Å²) in [6.07, 6.45) is 6.78. The molecule has 4 aromatic rings. The normalized spacial score (nSPS) is 18.9. The molecule has 1 N–H and O–H groups in total. The Balaban J connectivity index is 1.38. The van der Waals surface area contributed by atoms with Gasteiger partial charge >= 0.3 is 0 Å². The van der Waals surface area contributed by atoms with E-state index < -0.39 is 5.79 Å². The molecule has 1 spiro atoms. The third-order valence-corrected chi connectivity index (χ3v) is 7.14. The highest BCUT2D eigenvalue weighted by Crippen LogP contribution is 2.42. The largest absolute Gasteiger partial charge is 0.497 e. The van der Waals surface area contributed by atoms with Crippen LogP contribution in [0.5, 0.6) is 11.5 Å². The van der Waals surface area contributed by atoms with Gasteiger partial charge in [-0.1, -0.05) is 0 Å². The predicted molar refractivity (Wildman–Crippen MR) is 134 cm³/mol. The Morgan fingerprint density at radius 3 is 2.78 bits per heavy atom. The number of fused-ring (bicyclic) bond motifs is 1. The van der Waals surface area contributed by atoms with Gasteiger partial charge < -0.3 is 28.7 Å². The van der Waals surface area contributed by atoms with Crippen molar-refractivity contribution in [1.29, 1.82) is 0 Å². The number of nitrogens with zero attached hydrogens (tertiary/aromatic N) is 5. The number of rotatable bonds is 7. The second kappa shape index (κ2) is 9.64. The van der Waals surface area contributed by atoms with Crippen molar-refractivity contribution in [3.63, 3.8) is 0 Å². The zero-order valence-electron chi connectivity index (χ0n) is 21.2. The molecule has 0 bridgehead atoms. The molecule has 1 aromatic carbocycles. The highest BCUT2D eigenvalue weighted by atomic mass is 16.7. The van der Waals surface area contributed by atoms with Crippen molar-refractivity contribution < 1.29 is 23.4 Å². The van der Waals surface area contributed by atoms with Gasteiger partial charge in [-0.3, -0.25) is 0 Å². The summed E-state index contributed by atoms with van der Waals surface area (Å²) in [5, 5.41) is 8.34. The van der Waals surface area contributed by atoms with E-state index in [0.29, 0.717) is 48.7 Å². The third kappa shape index (κ3) is 4.38. The van der Waals surface area contributed by atoms with Gasteiger partial charge in [0, 0.05) is 42.5 Å². The maximum Gasteiger partial charge on any atom is 0.245 e. The van der Waals surface area contributed by atoms with Gasteiger partial charge in [0.2, 0.25) is 11.8 Å². The fourth-order valence-electron chi connectivity index (χ4n) is 5.25. The van der Waals surface area contributed by atoms with E-state index in [1.807, 2.05) is 25.1 Å². The van der Waals surface area contributed by atoms with Gasteiger partial charge in [-0.2, -0.15) is 4.52 Å². The van der Waals surface area contributed by atoms with Crippen LogP contribution in [0.1, 0.15) is 48.6 Å². The molecule has 11 heteroatoms. The Morgan fingerprint density at radius 1 is 1.16 bits per heavy atom. The molecule has 6 rings (SSSR count). The zero-order valence-corrected chi connectivity index (χ0v) is 21.2. The van der Waals surface area contributed by atoms with Crippen LogP contribution >= 0.6 is 0 Å². The molecular formula is C26H30N6O5. The number of aromatic nitrogens is 5. The average molecular weight is 507 g/mol. The van der Waals surface area contributed by atoms with Crippen LogP contribution < -0.4 is 14.8 Å². The maximum atomic E-state index is 6.00. The lowest BCUT2D eigenvalue weighted by atomic mass is 9.84. The minimum atomic E-state index is -0.511. The molecule has 1 aliphatic heterocycles. The maximum absolute atomic E-state index is 6.00. The summed E-state index contributed by atoms with van der Waals surface area (Å²) >= 11 is 0. The molecule has 1 atom stereocenters. The van der Waals surface area contributed by atoms with E-state index in [1.54, 1.807) is 24.9 Å². The van der Waals surface area contributed by atoms with E-state index in [9.17, 15) is 0 Å². The summed E-state index contributed by atoms with van der Waals surface area (Å²) < 4.78 is 30.3. The molecule has 1 aliphatic carbocycles. The van der Waals surface area contributed by atoms with Gasteiger partial charge in [0.05, 0.1) is 33.6 Å². The molecule has 0 amide bonds. The fourth-order valence-corrected chi connectivity index (χ4v) is 5.25. The molecule has 2 fully saturated rings. The van der Waals surface area contributed by atoms with Crippen molar-refractivity contribution in [2.45, 2.75) is 50.9 Å². The number of oxazole rings is 1. The molecule has 3 aromatic heterocycles. The summed E-state index contributed by atoms with van der Waals surface area (Å²) in [4.78, 5) is 14.2. The molecule has 1 unspecified atom stereocenters. The van der Waals surface area contributed by atoms with E-state index in [1.165, 1.54) is 6.26 Å². The molecule has 194 valence electrons. The van der Waals surface area contributed by atoms with Gasteiger partial charge in [0.15, 0.2) is 17.3 Å². The highest BCUT2D eigenvalue weighted by Gasteiger charge is 2.43. The van der Waals surface area contributed by atoms with E-state index in [0.717, 1.165) is 48.4 Å². The van der Waals surface area contributed by atoms with Crippen LogP contribution in [0.25, 0.3) is 17.2 Å². The van der Waals surface area contributed by atoms with E-state index in [-0.39, 0.29) is 5.92 Å². The van der Waals surface area contributed by atoms with Crippen LogP contribution in [-0.2, 0) is 16.0 Å². The van der Waals surface area contributed by atoms with Crippen LogP contribution in [0.2, 0.25) is 0 Å². The number of hydrogen-bond acceptors (Lipinski definition) is 10. The quantitative estimate of drug-likeness (QED) is 0.392. The first-order valence-corrected chi connectivity index (χ1v) is 12.5. The summed E-state index contributed by atoms with van der Waals surface area (Å²) in [6, 6.07) is 5.71. The van der Waals surface area contributed by atoms with Crippen molar-refractivity contribution >= 4 is 11.6 Å². The van der Waals surface area contributed by atoms with Gasteiger partial charge in [-0.25, -0.2) is 15.0 Å². The van der Waals surface area contributed by atoms with Crippen LogP contribution in [0.3, 0.4) is 0 Å². The summed E-state index contributed by atoms with van der Waals surface area (Å²) in [7, 11) is 3.27. The number of benzene rings is 1. The summed E-state index contributed by atoms with van der Waals surface area (Å²) in [5.74, 6) is 2.78. The Hall–Kier alpha value is -3.70. The second-order valence-corrected chi connectivity index (χ2v) is 9.38. The number of aryl methyl sites for hydroxylation is 1. The van der Waals surface area contributed by atoms with Crippen LogP contribution in [0.15, 0.2) is 35.1 Å². The fraction of sp³-hybridized carbons (Fsp3) is 0.462. The predicted octanol–water partition coefficient (Wildman–Crippen LogP) is 4.12. The van der Waals surface area contributed by atoms with Crippen molar-refractivity contribution in [3.05, 3.63) is 47.6 Å². The number of nitrogens with one attached hydrogen (secondary N) is 1. The monoisotopic (exact) mass is 506 g/mol. The van der Waals surface area contributed by atoms with Crippen molar-refractivity contribution in [2.75, 3.05) is 32.8 Å². The van der Waals surface area contributed by atoms with Gasteiger partial charge in [0.25, 0.3) is 0 Å². The molecular weight excluding hydrogens is 476 g/mol. The topological polar surface area (TPSA) is 118 Å². The van der Waals surface area contributed by atoms with Crippen LogP contribution in [0.4, 0.5) is 5.95 Å². The Morgan fingerprint density at radius 2 is 2.03 bits per heavy atom. The van der Waals surface area contributed by atoms with E-state index in [2.05, 4.69) is 10.3 Å².